The summed E-state index contributed by atoms with van der Waals surface area (Å²) < 4.78 is 1.10. The first-order valence-electron chi connectivity index (χ1n) is 12.1. The summed E-state index contributed by atoms with van der Waals surface area (Å²) in [6.07, 6.45) is 9.41. The fourth-order valence-electron chi connectivity index (χ4n) is 4.24. The van der Waals surface area contributed by atoms with Gasteiger partial charge in [-0.05, 0) is 43.1 Å². The maximum atomic E-state index is 9.56. The van der Waals surface area contributed by atoms with E-state index in [0.29, 0.717) is 11.9 Å². The molecule has 8 heteroatoms. The van der Waals surface area contributed by atoms with Gasteiger partial charge < -0.3 is 15.7 Å². The zero-order valence-corrected chi connectivity index (χ0v) is 21.0. The van der Waals surface area contributed by atoms with Crippen molar-refractivity contribution in [1.29, 1.82) is 0 Å². The molecule has 0 amide bonds. The van der Waals surface area contributed by atoms with Crippen LogP contribution in [0.5, 0.6) is 0 Å². The third-order valence-corrected chi connectivity index (χ3v) is 7.49. The van der Waals surface area contributed by atoms with Crippen molar-refractivity contribution in [3.8, 4) is 10.6 Å². The normalized spacial score (nSPS) is 15.1. The number of pyridine rings is 1. The molecular weight excluding hydrogens is 432 g/mol. The van der Waals surface area contributed by atoms with Crippen molar-refractivity contribution in [3.63, 3.8) is 0 Å². The highest BCUT2D eigenvalue weighted by atomic mass is 32.1. The second-order valence-corrected chi connectivity index (χ2v) is 11.1. The Kier molecular flexibility index (Phi) is 7.44. The largest absolute Gasteiger partial charge is 0.396 e. The van der Waals surface area contributed by atoms with E-state index in [0.717, 1.165) is 64.1 Å². The lowest BCUT2D eigenvalue weighted by Crippen LogP contribution is -2.25. The summed E-state index contributed by atoms with van der Waals surface area (Å²) in [5, 5.41) is 17.5. The number of fused-ring (bicyclic) bond motifs is 1. The van der Waals surface area contributed by atoms with Crippen molar-refractivity contribution >= 4 is 33.3 Å². The van der Waals surface area contributed by atoms with Crippen LogP contribution in [0.15, 0.2) is 18.5 Å². The van der Waals surface area contributed by atoms with Crippen LogP contribution in [0.25, 0.3) is 20.8 Å². The second kappa shape index (κ2) is 10.3. The van der Waals surface area contributed by atoms with E-state index in [-0.39, 0.29) is 12.0 Å². The van der Waals surface area contributed by atoms with Crippen LogP contribution >= 0.6 is 11.3 Å². The van der Waals surface area contributed by atoms with E-state index in [1.165, 1.54) is 19.3 Å². The molecule has 1 aliphatic carbocycles. The number of aliphatic hydroxyl groups excluding tert-OH is 1. The van der Waals surface area contributed by atoms with Crippen molar-refractivity contribution in [1.82, 2.24) is 19.9 Å². The van der Waals surface area contributed by atoms with Gasteiger partial charge in [-0.1, -0.05) is 40.0 Å². The summed E-state index contributed by atoms with van der Waals surface area (Å²) >= 11 is 1.63. The third-order valence-electron chi connectivity index (χ3n) is 6.44. The van der Waals surface area contributed by atoms with Crippen molar-refractivity contribution < 1.29 is 5.11 Å². The molecule has 1 fully saturated rings. The molecule has 4 rings (SSSR count). The molecule has 1 aliphatic rings. The van der Waals surface area contributed by atoms with E-state index in [9.17, 15) is 5.11 Å². The summed E-state index contributed by atoms with van der Waals surface area (Å²) in [5.74, 6) is 2.62. The molecule has 3 aromatic heterocycles. The molecule has 0 bridgehead atoms. The van der Waals surface area contributed by atoms with Crippen LogP contribution in [0, 0.1) is 24.2 Å². The van der Waals surface area contributed by atoms with Crippen LogP contribution < -0.4 is 10.6 Å². The van der Waals surface area contributed by atoms with E-state index in [4.69, 9.17) is 15.0 Å². The van der Waals surface area contributed by atoms with Gasteiger partial charge in [0.25, 0.3) is 0 Å². The molecule has 7 nitrogen and oxygen atoms in total. The molecule has 178 valence electrons. The van der Waals surface area contributed by atoms with E-state index < -0.39 is 0 Å². The average Bonchev–Trinajstić information content (AvgIpc) is 3.48. The van der Waals surface area contributed by atoms with Gasteiger partial charge in [0.15, 0.2) is 0 Å². The summed E-state index contributed by atoms with van der Waals surface area (Å²) in [6, 6.07) is 1.99. The first-order valence-corrected chi connectivity index (χ1v) is 12.9. The maximum Gasteiger partial charge on any atom is 0.224 e. The van der Waals surface area contributed by atoms with Crippen LogP contribution in [0.3, 0.4) is 0 Å². The van der Waals surface area contributed by atoms with Crippen LogP contribution in [-0.2, 0) is 0 Å². The molecule has 33 heavy (non-hydrogen) atoms. The number of nitrogens with one attached hydrogen (secondary N) is 2. The Labute approximate surface area is 200 Å². The fraction of sp³-hybridized carbons (Fsp3) is 0.600. The lowest BCUT2D eigenvalue weighted by Gasteiger charge is -2.25. The van der Waals surface area contributed by atoms with Gasteiger partial charge in [-0.25, -0.2) is 9.97 Å². The zero-order valence-electron chi connectivity index (χ0n) is 20.2. The van der Waals surface area contributed by atoms with Gasteiger partial charge in [0.1, 0.15) is 16.3 Å². The zero-order chi connectivity index (χ0) is 23.4. The Hall–Kier alpha value is -2.32. The smallest absolute Gasteiger partial charge is 0.224 e. The number of nitrogens with zero attached hydrogens (tertiary/aromatic N) is 4. The number of anilines is 2. The second-order valence-electron chi connectivity index (χ2n) is 10.1. The molecule has 0 spiro atoms. The molecular formula is C25H36N6OS. The van der Waals surface area contributed by atoms with Crippen LogP contribution in [0.4, 0.5) is 11.8 Å². The van der Waals surface area contributed by atoms with Crippen molar-refractivity contribution in [2.75, 3.05) is 30.3 Å². The quantitative estimate of drug-likeness (QED) is 0.322. The number of thiazole rings is 1. The SMILES string of the molecule is CCC(CO)CCNc1nc(NCC(C)(C)CC2CC2)nc(C)c1-c1nc2cnccc2s1. The number of aliphatic hydroxyl groups is 1. The minimum Gasteiger partial charge on any atom is -0.396 e. The number of hydrogen-bond acceptors (Lipinski definition) is 8. The number of hydrogen-bond donors (Lipinski definition) is 3. The molecule has 1 atom stereocenters. The molecule has 0 saturated heterocycles. The molecule has 3 heterocycles. The van der Waals surface area contributed by atoms with Gasteiger partial charge in [-0.3, -0.25) is 4.98 Å². The molecule has 1 unspecified atom stereocenters. The van der Waals surface area contributed by atoms with Crippen molar-refractivity contribution in [3.05, 3.63) is 24.2 Å². The van der Waals surface area contributed by atoms with Crippen molar-refractivity contribution in [2.45, 2.75) is 59.8 Å². The lowest BCUT2D eigenvalue weighted by atomic mass is 9.87. The topological polar surface area (TPSA) is 95.8 Å². The summed E-state index contributed by atoms with van der Waals surface area (Å²) in [7, 11) is 0. The Morgan fingerprint density at radius 2 is 2.03 bits per heavy atom. The standard InChI is InChI=1S/C25H36N6OS/c1-5-17(14-32)8-11-27-22-21(23-30-19-13-26-10-9-20(19)33-23)16(2)29-24(31-22)28-15-25(3,4)12-18-6-7-18/h9-10,13,17-18,32H,5-8,11-12,14-15H2,1-4H3,(H2,27,28,29,31). The minimum atomic E-state index is 0.209. The molecule has 3 N–H and O–H groups in total. The van der Waals surface area contributed by atoms with Gasteiger partial charge in [0.05, 0.1) is 22.2 Å². The number of aryl methyl sites for hydroxylation is 1. The molecule has 0 aromatic carbocycles. The minimum absolute atomic E-state index is 0.209. The molecule has 3 aromatic rings. The number of rotatable bonds is 12. The van der Waals surface area contributed by atoms with E-state index in [2.05, 4.69) is 36.4 Å². The average molecular weight is 469 g/mol. The fourth-order valence-corrected chi connectivity index (χ4v) is 5.27. The third kappa shape index (κ3) is 6.18. The van der Waals surface area contributed by atoms with Gasteiger partial charge in [-0.15, -0.1) is 11.3 Å². The van der Waals surface area contributed by atoms with E-state index in [1.807, 2.05) is 13.0 Å². The first-order chi connectivity index (χ1) is 15.9. The maximum absolute atomic E-state index is 9.56. The molecule has 0 radical (unpaired) electrons. The monoisotopic (exact) mass is 468 g/mol. The van der Waals surface area contributed by atoms with E-state index in [1.54, 1.807) is 23.7 Å². The summed E-state index contributed by atoms with van der Waals surface area (Å²) in [4.78, 5) is 18.7. The van der Waals surface area contributed by atoms with Crippen LogP contribution in [-0.4, -0.2) is 44.7 Å². The predicted octanol–water partition coefficient (Wildman–Crippen LogP) is 5.52. The van der Waals surface area contributed by atoms with Crippen molar-refractivity contribution in [2.24, 2.45) is 17.3 Å². The predicted molar refractivity (Wildman–Crippen MR) is 137 cm³/mol. The lowest BCUT2D eigenvalue weighted by molar-refractivity contribution is 0.217. The van der Waals surface area contributed by atoms with Gasteiger partial charge in [-0.2, -0.15) is 4.98 Å². The number of aromatic nitrogens is 4. The highest BCUT2D eigenvalue weighted by Crippen LogP contribution is 2.40. The first kappa shape index (κ1) is 23.8. The highest BCUT2D eigenvalue weighted by Gasteiger charge is 2.30. The molecule has 0 aliphatic heterocycles. The Morgan fingerprint density at radius 3 is 2.73 bits per heavy atom. The highest BCUT2D eigenvalue weighted by molar-refractivity contribution is 7.21. The van der Waals surface area contributed by atoms with Crippen LogP contribution in [0.2, 0.25) is 0 Å². The van der Waals surface area contributed by atoms with Crippen LogP contribution in [0.1, 0.15) is 58.6 Å². The molecule has 1 saturated carbocycles. The summed E-state index contributed by atoms with van der Waals surface area (Å²) in [6.45, 7) is 10.6. The van der Waals surface area contributed by atoms with Gasteiger partial charge >= 0.3 is 0 Å². The Bertz CT molecular complexity index is 1040. The Morgan fingerprint density at radius 1 is 1.21 bits per heavy atom. The Balaban J connectivity index is 1.59. The van der Waals surface area contributed by atoms with Gasteiger partial charge in [0, 0.05) is 25.9 Å². The van der Waals surface area contributed by atoms with Gasteiger partial charge in [0.2, 0.25) is 5.95 Å². The summed E-state index contributed by atoms with van der Waals surface area (Å²) in [5.41, 5.74) is 2.94. The van der Waals surface area contributed by atoms with E-state index >= 15 is 0 Å².